The first kappa shape index (κ1) is 35.8. The topological polar surface area (TPSA) is 314 Å². The first-order valence-corrected chi connectivity index (χ1v) is 12.4. The quantitative estimate of drug-likeness (QED) is 0.0772. The van der Waals surface area contributed by atoms with Crippen LogP contribution in [0.1, 0.15) is 39.4 Å². The van der Waals surface area contributed by atoms with Crippen molar-refractivity contribution in [1.82, 2.24) is 35.2 Å². The number of aromatic amines is 2. The molecule has 0 aliphatic rings. The Hall–Kier alpha value is -5.40. The van der Waals surface area contributed by atoms with Gasteiger partial charge < -0.3 is 42.0 Å². The molecular formula is C25H26N10NaO9+. The van der Waals surface area contributed by atoms with E-state index < -0.39 is 46.8 Å². The van der Waals surface area contributed by atoms with Crippen molar-refractivity contribution in [3.8, 4) is 0 Å². The van der Waals surface area contributed by atoms with Gasteiger partial charge in [-0.3, -0.25) is 19.4 Å². The number of nitrogen functional groups attached to an aromatic ring is 2. The van der Waals surface area contributed by atoms with Crippen molar-refractivity contribution in [3.05, 3.63) is 74.3 Å². The van der Waals surface area contributed by atoms with Crippen molar-refractivity contribution >= 4 is 52.4 Å². The van der Waals surface area contributed by atoms with Crippen LogP contribution in [0.25, 0.3) is 11.2 Å². The summed E-state index contributed by atoms with van der Waals surface area (Å²) in [6.45, 7) is 0.370. The van der Waals surface area contributed by atoms with E-state index in [1.807, 2.05) is 21.9 Å². The van der Waals surface area contributed by atoms with Crippen molar-refractivity contribution < 1.29 is 64.1 Å². The molecule has 45 heavy (non-hydrogen) atoms. The van der Waals surface area contributed by atoms with E-state index in [1.54, 1.807) is 18.3 Å². The molecule has 0 fully saturated rings. The van der Waals surface area contributed by atoms with Gasteiger partial charge >= 0.3 is 53.2 Å². The second kappa shape index (κ2) is 15.9. The van der Waals surface area contributed by atoms with E-state index in [9.17, 15) is 33.9 Å². The third-order valence-electron chi connectivity index (χ3n) is 5.71. The smallest absolute Gasteiger partial charge is 0.481 e. The van der Waals surface area contributed by atoms with Gasteiger partial charge in [0.15, 0.2) is 17.0 Å². The van der Waals surface area contributed by atoms with Crippen molar-refractivity contribution in [3.63, 3.8) is 0 Å². The number of rotatable bonds is 10. The van der Waals surface area contributed by atoms with Gasteiger partial charge in [-0.15, -0.1) is 0 Å². The van der Waals surface area contributed by atoms with Crippen LogP contribution in [0.5, 0.6) is 0 Å². The molecule has 0 saturated carbocycles. The average Bonchev–Trinajstić information content (AvgIpc) is 2.95. The SMILES string of the molecule is CN(Cc1cnc2nc(N)nc(N)c2n1)c1ccc(C(=O)NC(CCC(=O)O)C(=O)O)cc1.O=C(O)c1cc(=O)[nH]c(=O)[nH]1.[Na+]. The molecule has 1 aromatic carbocycles. The van der Waals surface area contributed by atoms with Crippen LogP contribution in [-0.4, -0.2) is 82.1 Å². The van der Waals surface area contributed by atoms with Gasteiger partial charge in [-0.05, 0) is 30.7 Å². The van der Waals surface area contributed by atoms with E-state index in [0.29, 0.717) is 23.4 Å². The van der Waals surface area contributed by atoms with Crippen LogP contribution in [-0.2, 0) is 16.1 Å². The summed E-state index contributed by atoms with van der Waals surface area (Å²) in [7, 11) is 1.82. The summed E-state index contributed by atoms with van der Waals surface area (Å²) in [5.74, 6) is -4.25. The van der Waals surface area contributed by atoms with Gasteiger partial charge in [0, 0.05) is 30.8 Å². The molecule has 4 rings (SSSR count). The maximum atomic E-state index is 12.4. The fourth-order valence-corrected chi connectivity index (χ4v) is 3.61. The molecule has 4 aromatic rings. The number of aromatic nitrogens is 6. The molecular weight excluding hydrogens is 607 g/mol. The number of nitrogens with zero attached hydrogens (tertiary/aromatic N) is 5. The number of H-pyrrole nitrogens is 2. The number of aliphatic carboxylic acids is 2. The number of carboxylic acid groups (broad SMARTS) is 3. The Kier molecular flexibility index (Phi) is 12.6. The zero-order valence-corrected chi connectivity index (χ0v) is 25.8. The Balaban J connectivity index is 0.000000497. The Morgan fingerprint density at radius 2 is 1.67 bits per heavy atom. The molecule has 230 valence electrons. The molecule has 0 spiro atoms. The molecule has 20 heteroatoms. The van der Waals surface area contributed by atoms with Crippen LogP contribution in [0.3, 0.4) is 0 Å². The maximum absolute atomic E-state index is 12.4. The van der Waals surface area contributed by atoms with Gasteiger partial charge in [0.2, 0.25) is 5.95 Å². The number of carbonyl (C=O) groups is 4. The Labute approximate surface area is 274 Å². The number of nitrogens with one attached hydrogen (secondary N) is 3. The first-order chi connectivity index (χ1) is 20.7. The molecule has 3 heterocycles. The van der Waals surface area contributed by atoms with Crippen LogP contribution in [0.2, 0.25) is 0 Å². The number of nitrogens with two attached hydrogens (primary N) is 2. The van der Waals surface area contributed by atoms with Gasteiger partial charge in [-0.1, -0.05) is 0 Å². The molecule has 1 unspecified atom stereocenters. The Morgan fingerprint density at radius 3 is 2.24 bits per heavy atom. The minimum absolute atomic E-state index is 0. The Morgan fingerprint density at radius 1 is 1.00 bits per heavy atom. The second-order valence-electron chi connectivity index (χ2n) is 9.01. The van der Waals surface area contributed by atoms with Gasteiger partial charge in [0.25, 0.3) is 11.5 Å². The van der Waals surface area contributed by atoms with E-state index in [0.717, 1.165) is 11.8 Å². The number of carbonyl (C=O) groups excluding carboxylic acids is 1. The van der Waals surface area contributed by atoms with Crippen molar-refractivity contribution in [2.24, 2.45) is 0 Å². The molecule has 3 aromatic heterocycles. The molecule has 0 aliphatic carbocycles. The summed E-state index contributed by atoms with van der Waals surface area (Å²) in [6.07, 6.45) is 0.964. The van der Waals surface area contributed by atoms with Gasteiger partial charge in [0.1, 0.15) is 11.7 Å². The molecule has 0 bridgehead atoms. The summed E-state index contributed by atoms with van der Waals surface area (Å²) in [4.78, 5) is 87.6. The zero-order valence-electron chi connectivity index (χ0n) is 23.8. The number of anilines is 3. The summed E-state index contributed by atoms with van der Waals surface area (Å²) in [6, 6.07) is 5.96. The fraction of sp³-hybridized carbons (Fsp3) is 0.200. The molecule has 1 atom stereocenters. The monoisotopic (exact) mass is 633 g/mol. The van der Waals surface area contributed by atoms with Gasteiger partial charge in [-0.2, -0.15) is 9.97 Å². The second-order valence-corrected chi connectivity index (χ2v) is 9.01. The van der Waals surface area contributed by atoms with E-state index in [2.05, 4.69) is 25.3 Å². The summed E-state index contributed by atoms with van der Waals surface area (Å²) in [5, 5.41) is 28.6. The van der Waals surface area contributed by atoms with E-state index in [1.165, 1.54) is 12.1 Å². The summed E-state index contributed by atoms with van der Waals surface area (Å²) < 4.78 is 0. The maximum Gasteiger partial charge on any atom is 1.00 e. The van der Waals surface area contributed by atoms with E-state index >= 15 is 0 Å². The van der Waals surface area contributed by atoms with Crippen molar-refractivity contribution in [2.45, 2.75) is 25.4 Å². The van der Waals surface area contributed by atoms with Crippen LogP contribution in [0, 0.1) is 0 Å². The minimum Gasteiger partial charge on any atom is -0.481 e. The predicted molar refractivity (Wildman–Crippen MR) is 153 cm³/mol. The largest absolute Gasteiger partial charge is 1.00 e. The normalized spacial score (nSPS) is 10.9. The summed E-state index contributed by atoms with van der Waals surface area (Å²) in [5.41, 5.74) is 11.7. The van der Waals surface area contributed by atoms with Gasteiger partial charge in [-0.25, -0.2) is 24.4 Å². The number of fused-ring (bicyclic) bond motifs is 1. The van der Waals surface area contributed by atoms with Crippen LogP contribution < -0.4 is 62.5 Å². The molecule has 10 N–H and O–H groups in total. The zero-order chi connectivity index (χ0) is 32.6. The minimum atomic E-state index is -1.34. The molecule has 19 nitrogen and oxygen atoms in total. The molecule has 1 amide bonds. The number of amides is 1. The standard InChI is InChI=1S/C20H22N8O5.C5H4N2O4.Na/c1-28(9-11-8-23-17-15(24-11)16(21)26-20(22)27-17)12-4-2-10(3-5-12)18(31)25-13(19(32)33)6-7-14(29)30;8-3-1-2(4(9)10)6-5(11)7-3;/h2-5,8,13H,6-7,9H2,1H3,(H,25,31)(H,29,30)(H,32,33)(H4,21,22,23,26,27);1H,(H,9,10)(H2,6,7,8,11);/q;;+1. The Bertz CT molecular complexity index is 1800. The number of hydrogen-bond acceptors (Lipinski definition) is 13. The third-order valence-corrected chi connectivity index (χ3v) is 5.71. The number of aromatic carboxylic acids is 1. The molecule has 0 aliphatic heterocycles. The van der Waals surface area contributed by atoms with Crippen LogP contribution >= 0.6 is 0 Å². The van der Waals surface area contributed by atoms with Crippen molar-refractivity contribution in [2.75, 3.05) is 23.4 Å². The van der Waals surface area contributed by atoms with E-state index in [-0.39, 0.29) is 59.7 Å². The van der Waals surface area contributed by atoms with Crippen LogP contribution in [0.4, 0.5) is 17.5 Å². The number of hydrogen-bond donors (Lipinski definition) is 8. The van der Waals surface area contributed by atoms with Gasteiger partial charge in [0.05, 0.1) is 18.4 Å². The first-order valence-electron chi connectivity index (χ1n) is 12.4. The number of carboxylic acids is 3. The number of benzene rings is 1. The molecule has 0 radical (unpaired) electrons. The van der Waals surface area contributed by atoms with E-state index in [4.69, 9.17) is 21.7 Å². The van der Waals surface area contributed by atoms with Crippen molar-refractivity contribution in [1.29, 1.82) is 0 Å². The predicted octanol–water partition coefficient (Wildman–Crippen LogP) is -3.97. The molecule has 0 saturated heterocycles. The summed E-state index contributed by atoms with van der Waals surface area (Å²) >= 11 is 0. The van der Waals surface area contributed by atoms with Crippen LogP contribution in [0.15, 0.2) is 46.1 Å². The average molecular weight is 634 g/mol. The third kappa shape index (κ3) is 10.4. The fourth-order valence-electron chi connectivity index (χ4n) is 3.61.